The lowest BCUT2D eigenvalue weighted by molar-refractivity contribution is -0.136. The second kappa shape index (κ2) is 5.83. The van der Waals surface area contributed by atoms with Crippen LogP contribution < -0.4 is 11.5 Å². The van der Waals surface area contributed by atoms with Crippen molar-refractivity contribution in [3.05, 3.63) is 0 Å². The Morgan fingerprint density at radius 3 is 2.59 bits per heavy atom. The highest BCUT2D eigenvalue weighted by Gasteiger charge is 2.29. The summed E-state index contributed by atoms with van der Waals surface area (Å²) in [5.74, 6) is 0.360. The fourth-order valence-electron chi connectivity index (χ4n) is 2.55. The van der Waals surface area contributed by atoms with Crippen LogP contribution in [0, 0.1) is 11.3 Å². The molecule has 1 aliphatic rings. The molecular formula is C13H27N3O. The fourth-order valence-corrected chi connectivity index (χ4v) is 2.55. The Hall–Kier alpha value is -0.610. The van der Waals surface area contributed by atoms with Crippen molar-refractivity contribution >= 4 is 5.91 Å². The average molecular weight is 241 g/mol. The van der Waals surface area contributed by atoms with Gasteiger partial charge in [-0.05, 0) is 31.2 Å². The third-order valence-corrected chi connectivity index (χ3v) is 3.66. The summed E-state index contributed by atoms with van der Waals surface area (Å²) in [4.78, 5) is 14.1. The van der Waals surface area contributed by atoms with Gasteiger partial charge in [-0.2, -0.15) is 0 Å². The number of carbonyl (C=O) groups is 1. The average Bonchev–Trinajstić information content (AvgIpc) is 2.27. The van der Waals surface area contributed by atoms with E-state index in [1.165, 1.54) is 0 Å². The molecule has 0 aromatic carbocycles. The van der Waals surface area contributed by atoms with Crippen LogP contribution in [0.15, 0.2) is 0 Å². The van der Waals surface area contributed by atoms with Crippen LogP contribution in [0.2, 0.25) is 0 Å². The van der Waals surface area contributed by atoms with Crippen molar-refractivity contribution in [3.63, 3.8) is 0 Å². The number of nitrogens with two attached hydrogens (primary N) is 2. The molecule has 1 rings (SSSR count). The predicted octanol–water partition coefficient (Wildman–Crippen LogP) is 0.947. The topological polar surface area (TPSA) is 72.3 Å². The Bertz CT molecular complexity index is 265. The van der Waals surface area contributed by atoms with E-state index in [-0.39, 0.29) is 23.3 Å². The molecule has 4 N–H and O–H groups in total. The van der Waals surface area contributed by atoms with Crippen LogP contribution in [-0.2, 0) is 4.79 Å². The highest BCUT2D eigenvalue weighted by atomic mass is 16.2. The SMILES string of the molecule is CN(CC(C)(C)CN)C(=O)C1CCCC(N)C1. The van der Waals surface area contributed by atoms with Crippen LogP contribution in [0.25, 0.3) is 0 Å². The highest BCUT2D eigenvalue weighted by molar-refractivity contribution is 5.78. The third kappa shape index (κ3) is 4.28. The van der Waals surface area contributed by atoms with Crippen molar-refractivity contribution < 1.29 is 4.79 Å². The monoisotopic (exact) mass is 241 g/mol. The molecular weight excluding hydrogens is 214 g/mol. The van der Waals surface area contributed by atoms with Gasteiger partial charge in [0.2, 0.25) is 5.91 Å². The van der Waals surface area contributed by atoms with E-state index in [2.05, 4.69) is 13.8 Å². The lowest BCUT2D eigenvalue weighted by Crippen LogP contribution is -2.44. The van der Waals surface area contributed by atoms with Crippen molar-refractivity contribution in [2.45, 2.75) is 45.6 Å². The molecule has 4 nitrogen and oxygen atoms in total. The first-order valence-corrected chi connectivity index (χ1v) is 6.56. The molecule has 0 radical (unpaired) electrons. The van der Waals surface area contributed by atoms with Gasteiger partial charge in [-0.15, -0.1) is 0 Å². The maximum absolute atomic E-state index is 12.3. The summed E-state index contributed by atoms with van der Waals surface area (Å²) >= 11 is 0. The van der Waals surface area contributed by atoms with Gasteiger partial charge in [0, 0.05) is 25.6 Å². The van der Waals surface area contributed by atoms with Crippen LogP contribution >= 0.6 is 0 Å². The molecule has 0 aliphatic heterocycles. The number of rotatable bonds is 4. The molecule has 4 heteroatoms. The Morgan fingerprint density at radius 1 is 1.41 bits per heavy atom. The van der Waals surface area contributed by atoms with E-state index >= 15 is 0 Å². The number of hydrogen-bond donors (Lipinski definition) is 2. The van der Waals surface area contributed by atoms with Crippen molar-refractivity contribution in [1.82, 2.24) is 4.90 Å². The zero-order valence-electron chi connectivity index (χ0n) is 11.4. The zero-order valence-corrected chi connectivity index (χ0v) is 11.4. The van der Waals surface area contributed by atoms with E-state index in [1.54, 1.807) is 0 Å². The van der Waals surface area contributed by atoms with Crippen LogP contribution in [0.3, 0.4) is 0 Å². The van der Waals surface area contributed by atoms with Gasteiger partial charge >= 0.3 is 0 Å². The molecule has 2 unspecified atom stereocenters. The van der Waals surface area contributed by atoms with Gasteiger partial charge in [0.25, 0.3) is 0 Å². The molecule has 0 spiro atoms. The van der Waals surface area contributed by atoms with Crippen LogP contribution in [-0.4, -0.2) is 37.0 Å². The summed E-state index contributed by atoms with van der Waals surface area (Å²) in [5, 5.41) is 0. The summed E-state index contributed by atoms with van der Waals surface area (Å²) in [6, 6.07) is 0.202. The molecule has 17 heavy (non-hydrogen) atoms. The maximum Gasteiger partial charge on any atom is 0.225 e. The fraction of sp³-hybridized carbons (Fsp3) is 0.923. The second-order valence-electron chi connectivity index (χ2n) is 6.19. The molecule has 100 valence electrons. The zero-order chi connectivity index (χ0) is 13.1. The molecule has 1 amide bonds. The Labute approximate surface area is 105 Å². The molecule has 0 aromatic heterocycles. The standard InChI is InChI=1S/C13H27N3O/c1-13(2,8-14)9-16(3)12(17)10-5-4-6-11(15)7-10/h10-11H,4-9,14-15H2,1-3H3. The largest absolute Gasteiger partial charge is 0.345 e. The molecule has 0 saturated heterocycles. The lowest BCUT2D eigenvalue weighted by atomic mass is 9.84. The number of hydrogen-bond acceptors (Lipinski definition) is 3. The summed E-state index contributed by atoms with van der Waals surface area (Å²) in [7, 11) is 1.87. The Morgan fingerprint density at radius 2 is 2.06 bits per heavy atom. The number of carbonyl (C=O) groups excluding carboxylic acids is 1. The van der Waals surface area contributed by atoms with Gasteiger partial charge in [-0.1, -0.05) is 20.3 Å². The van der Waals surface area contributed by atoms with E-state index < -0.39 is 0 Å². The van der Waals surface area contributed by atoms with Gasteiger partial charge in [-0.3, -0.25) is 4.79 Å². The van der Waals surface area contributed by atoms with E-state index in [0.717, 1.165) is 25.7 Å². The van der Waals surface area contributed by atoms with Gasteiger partial charge in [-0.25, -0.2) is 0 Å². The van der Waals surface area contributed by atoms with Crippen LogP contribution in [0.5, 0.6) is 0 Å². The normalized spacial score (nSPS) is 25.7. The van der Waals surface area contributed by atoms with Crippen molar-refractivity contribution in [2.24, 2.45) is 22.8 Å². The smallest absolute Gasteiger partial charge is 0.225 e. The molecule has 1 saturated carbocycles. The van der Waals surface area contributed by atoms with E-state index in [1.807, 2.05) is 11.9 Å². The minimum atomic E-state index is -0.0127. The molecule has 0 heterocycles. The first kappa shape index (κ1) is 14.5. The highest BCUT2D eigenvalue weighted by Crippen LogP contribution is 2.25. The molecule has 0 bridgehead atoms. The van der Waals surface area contributed by atoms with Crippen molar-refractivity contribution in [3.8, 4) is 0 Å². The lowest BCUT2D eigenvalue weighted by Gasteiger charge is -2.33. The first-order valence-electron chi connectivity index (χ1n) is 6.56. The number of nitrogens with zero attached hydrogens (tertiary/aromatic N) is 1. The summed E-state index contributed by atoms with van der Waals surface area (Å²) in [6.07, 6.45) is 3.96. The van der Waals surface area contributed by atoms with E-state index in [4.69, 9.17) is 11.5 Å². The van der Waals surface area contributed by atoms with Gasteiger partial charge in [0.15, 0.2) is 0 Å². The molecule has 0 aromatic rings. The minimum absolute atomic E-state index is 0.0127. The van der Waals surface area contributed by atoms with Crippen LogP contribution in [0.4, 0.5) is 0 Å². The molecule has 2 atom stereocenters. The van der Waals surface area contributed by atoms with Gasteiger partial charge in [0.1, 0.15) is 0 Å². The summed E-state index contributed by atoms with van der Waals surface area (Å²) < 4.78 is 0. The Balaban J connectivity index is 2.51. The predicted molar refractivity (Wildman–Crippen MR) is 70.4 cm³/mol. The van der Waals surface area contributed by atoms with E-state index in [0.29, 0.717) is 13.1 Å². The summed E-state index contributed by atoms with van der Waals surface area (Å²) in [5.41, 5.74) is 11.6. The van der Waals surface area contributed by atoms with Gasteiger partial charge in [0.05, 0.1) is 0 Å². The van der Waals surface area contributed by atoms with E-state index in [9.17, 15) is 4.79 Å². The summed E-state index contributed by atoms with van der Waals surface area (Å²) in [6.45, 7) is 5.48. The van der Waals surface area contributed by atoms with Crippen molar-refractivity contribution in [2.75, 3.05) is 20.1 Å². The van der Waals surface area contributed by atoms with Gasteiger partial charge < -0.3 is 16.4 Å². The first-order chi connectivity index (χ1) is 7.85. The van der Waals surface area contributed by atoms with Crippen molar-refractivity contribution in [1.29, 1.82) is 0 Å². The Kier molecular flexibility index (Phi) is 4.95. The second-order valence-corrected chi connectivity index (χ2v) is 6.19. The maximum atomic E-state index is 12.3. The van der Waals surface area contributed by atoms with Crippen LogP contribution in [0.1, 0.15) is 39.5 Å². The quantitative estimate of drug-likeness (QED) is 0.769. The third-order valence-electron chi connectivity index (χ3n) is 3.66. The molecule has 1 fully saturated rings. The molecule has 1 aliphatic carbocycles. The minimum Gasteiger partial charge on any atom is -0.345 e. The number of amides is 1.